The van der Waals surface area contributed by atoms with Crippen LogP contribution in [0.3, 0.4) is 0 Å². The minimum absolute atomic E-state index is 0.331. The summed E-state index contributed by atoms with van der Waals surface area (Å²) in [6.45, 7) is 2.13. The molecule has 1 rings (SSSR count). The molecule has 0 radical (unpaired) electrons. The van der Waals surface area contributed by atoms with Crippen LogP contribution in [-0.2, 0) is 0 Å². The zero-order valence-corrected chi connectivity index (χ0v) is 12.0. The summed E-state index contributed by atoms with van der Waals surface area (Å²) in [5, 5.41) is 0. The molecular formula is C13H21N3OS. The summed E-state index contributed by atoms with van der Waals surface area (Å²) < 4.78 is 0. The van der Waals surface area contributed by atoms with E-state index in [0.29, 0.717) is 17.3 Å². The van der Waals surface area contributed by atoms with Crippen LogP contribution < -0.4 is 16.4 Å². The second-order valence-electron chi connectivity index (χ2n) is 4.38. The Morgan fingerprint density at radius 1 is 1.50 bits per heavy atom. The Morgan fingerprint density at radius 2 is 2.17 bits per heavy atom. The molecule has 5 heteroatoms. The van der Waals surface area contributed by atoms with Gasteiger partial charge in [-0.25, -0.2) is 0 Å². The molecule has 100 valence electrons. The summed E-state index contributed by atoms with van der Waals surface area (Å²) in [6.07, 6.45) is 3.13. The van der Waals surface area contributed by atoms with Crippen LogP contribution in [0.15, 0.2) is 18.2 Å². The van der Waals surface area contributed by atoms with E-state index in [9.17, 15) is 4.79 Å². The van der Waals surface area contributed by atoms with Gasteiger partial charge in [-0.15, -0.1) is 0 Å². The summed E-state index contributed by atoms with van der Waals surface area (Å²) in [7, 11) is 1.96. The highest BCUT2D eigenvalue weighted by molar-refractivity contribution is 7.98. The van der Waals surface area contributed by atoms with Crippen LogP contribution in [-0.4, -0.2) is 31.0 Å². The number of rotatable bonds is 6. The molecule has 0 fully saturated rings. The maximum atomic E-state index is 11.4. The number of benzene rings is 1. The maximum Gasteiger partial charge on any atom is 0.250 e. The van der Waals surface area contributed by atoms with Gasteiger partial charge in [-0.05, 0) is 43.6 Å². The first kappa shape index (κ1) is 14.7. The van der Waals surface area contributed by atoms with E-state index in [-0.39, 0.29) is 0 Å². The summed E-state index contributed by atoms with van der Waals surface area (Å²) in [6, 6.07) is 5.52. The number of amides is 1. The second kappa shape index (κ2) is 6.54. The fourth-order valence-corrected chi connectivity index (χ4v) is 2.35. The van der Waals surface area contributed by atoms with E-state index < -0.39 is 5.91 Å². The number of nitrogens with two attached hydrogens (primary N) is 2. The van der Waals surface area contributed by atoms with Crippen molar-refractivity contribution in [1.82, 2.24) is 0 Å². The van der Waals surface area contributed by atoms with Crippen molar-refractivity contribution in [1.29, 1.82) is 0 Å². The Kier molecular flexibility index (Phi) is 5.34. The van der Waals surface area contributed by atoms with Crippen LogP contribution in [0.4, 0.5) is 11.4 Å². The Balaban J connectivity index is 2.99. The van der Waals surface area contributed by atoms with Crippen molar-refractivity contribution in [3.8, 4) is 0 Å². The lowest BCUT2D eigenvalue weighted by Gasteiger charge is -2.28. The van der Waals surface area contributed by atoms with Crippen molar-refractivity contribution in [2.45, 2.75) is 19.4 Å². The second-order valence-corrected chi connectivity index (χ2v) is 5.37. The van der Waals surface area contributed by atoms with Crippen LogP contribution in [0.5, 0.6) is 0 Å². The molecular weight excluding hydrogens is 246 g/mol. The molecule has 1 unspecified atom stereocenters. The number of carbonyl (C=O) groups is 1. The molecule has 0 aromatic heterocycles. The fourth-order valence-electron chi connectivity index (χ4n) is 1.77. The summed E-state index contributed by atoms with van der Waals surface area (Å²) >= 11 is 1.81. The number of thioether (sulfide) groups is 1. The smallest absolute Gasteiger partial charge is 0.250 e. The zero-order chi connectivity index (χ0) is 13.7. The molecule has 18 heavy (non-hydrogen) atoms. The number of nitrogen functional groups attached to an aromatic ring is 1. The molecule has 1 atom stereocenters. The molecule has 0 bridgehead atoms. The predicted molar refractivity (Wildman–Crippen MR) is 80.2 cm³/mol. The van der Waals surface area contributed by atoms with E-state index in [2.05, 4.69) is 18.1 Å². The molecule has 0 saturated heterocycles. The highest BCUT2D eigenvalue weighted by atomic mass is 32.2. The highest BCUT2D eigenvalue weighted by Gasteiger charge is 2.16. The third-order valence-corrected chi connectivity index (χ3v) is 3.71. The van der Waals surface area contributed by atoms with Crippen LogP contribution in [0, 0.1) is 0 Å². The SMILES string of the molecule is CSCCC(C)N(C)c1cc(N)ccc1C(N)=O. The lowest BCUT2D eigenvalue weighted by atomic mass is 10.1. The number of nitrogens with zero attached hydrogens (tertiary/aromatic N) is 1. The molecule has 0 saturated carbocycles. The standard InChI is InChI=1S/C13H21N3OS/c1-9(6-7-18-3)16(2)12-8-10(14)4-5-11(12)13(15)17/h4-5,8-9H,6-7,14H2,1-3H3,(H2,15,17). The number of hydrogen-bond donors (Lipinski definition) is 2. The van der Waals surface area contributed by atoms with Crippen LogP contribution in [0.25, 0.3) is 0 Å². The van der Waals surface area contributed by atoms with Crippen molar-refractivity contribution in [3.63, 3.8) is 0 Å². The first-order valence-electron chi connectivity index (χ1n) is 5.88. The third-order valence-electron chi connectivity index (χ3n) is 3.07. The van der Waals surface area contributed by atoms with E-state index >= 15 is 0 Å². The van der Waals surface area contributed by atoms with Crippen molar-refractivity contribution in [2.24, 2.45) is 5.73 Å². The maximum absolute atomic E-state index is 11.4. The van der Waals surface area contributed by atoms with Crippen LogP contribution in [0.2, 0.25) is 0 Å². The first-order chi connectivity index (χ1) is 8.47. The average molecular weight is 267 g/mol. The third kappa shape index (κ3) is 3.57. The molecule has 4 N–H and O–H groups in total. The molecule has 1 amide bonds. The van der Waals surface area contributed by atoms with E-state index in [4.69, 9.17) is 11.5 Å². The van der Waals surface area contributed by atoms with Gasteiger partial charge in [0.2, 0.25) is 0 Å². The fraction of sp³-hybridized carbons (Fsp3) is 0.462. The van der Waals surface area contributed by atoms with Crippen molar-refractivity contribution in [2.75, 3.05) is 29.7 Å². The Bertz CT molecular complexity index is 423. The van der Waals surface area contributed by atoms with Gasteiger partial charge in [-0.3, -0.25) is 4.79 Å². The molecule has 1 aromatic carbocycles. The molecule has 1 aromatic rings. The van der Waals surface area contributed by atoms with Gasteiger partial charge < -0.3 is 16.4 Å². The molecule has 0 heterocycles. The largest absolute Gasteiger partial charge is 0.399 e. The number of carbonyl (C=O) groups excluding carboxylic acids is 1. The van der Waals surface area contributed by atoms with Gasteiger partial charge in [0.05, 0.1) is 11.3 Å². The van der Waals surface area contributed by atoms with E-state index in [1.165, 1.54) is 0 Å². The zero-order valence-electron chi connectivity index (χ0n) is 11.1. The normalized spacial score (nSPS) is 12.2. The number of anilines is 2. The van der Waals surface area contributed by atoms with Crippen LogP contribution >= 0.6 is 11.8 Å². The summed E-state index contributed by atoms with van der Waals surface area (Å²) in [5.74, 6) is 0.661. The number of hydrogen-bond acceptors (Lipinski definition) is 4. The average Bonchev–Trinajstić information content (AvgIpc) is 2.34. The van der Waals surface area contributed by atoms with Gasteiger partial charge in [-0.1, -0.05) is 0 Å². The lowest BCUT2D eigenvalue weighted by molar-refractivity contribution is 0.100. The Hall–Kier alpha value is -1.36. The predicted octanol–water partition coefficient (Wildman–Crippen LogP) is 1.95. The molecule has 0 spiro atoms. The minimum Gasteiger partial charge on any atom is -0.399 e. The lowest BCUT2D eigenvalue weighted by Crippen LogP contribution is -2.31. The van der Waals surface area contributed by atoms with Gasteiger partial charge in [0.1, 0.15) is 0 Å². The van der Waals surface area contributed by atoms with Crippen molar-refractivity contribution >= 4 is 29.0 Å². The summed E-state index contributed by atoms with van der Waals surface area (Å²) in [4.78, 5) is 13.5. The van der Waals surface area contributed by atoms with Crippen LogP contribution in [0.1, 0.15) is 23.7 Å². The molecule has 0 aliphatic carbocycles. The van der Waals surface area contributed by atoms with Gasteiger partial charge >= 0.3 is 0 Å². The quantitative estimate of drug-likeness (QED) is 0.773. The molecule has 0 aliphatic rings. The Morgan fingerprint density at radius 3 is 2.72 bits per heavy atom. The number of primary amides is 1. The topological polar surface area (TPSA) is 72.3 Å². The van der Waals surface area contributed by atoms with Gasteiger partial charge in [0.15, 0.2) is 0 Å². The van der Waals surface area contributed by atoms with Crippen molar-refractivity contribution < 1.29 is 4.79 Å². The monoisotopic (exact) mass is 267 g/mol. The Labute approximate surface area is 113 Å². The summed E-state index contributed by atoms with van der Waals surface area (Å²) in [5.41, 5.74) is 13.1. The van der Waals surface area contributed by atoms with E-state index in [0.717, 1.165) is 17.9 Å². The van der Waals surface area contributed by atoms with Gasteiger partial charge in [0.25, 0.3) is 5.91 Å². The molecule has 0 aliphatic heterocycles. The first-order valence-corrected chi connectivity index (χ1v) is 7.27. The van der Waals surface area contributed by atoms with Gasteiger partial charge in [0, 0.05) is 18.8 Å². The van der Waals surface area contributed by atoms with E-state index in [1.54, 1.807) is 18.2 Å². The van der Waals surface area contributed by atoms with Crippen molar-refractivity contribution in [3.05, 3.63) is 23.8 Å². The van der Waals surface area contributed by atoms with E-state index in [1.807, 2.05) is 18.8 Å². The highest BCUT2D eigenvalue weighted by Crippen LogP contribution is 2.25. The van der Waals surface area contributed by atoms with Gasteiger partial charge in [-0.2, -0.15) is 11.8 Å². The minimum atomic E-state index is -0.422. The molecule has 4 nitrogen and oxygen atoms in total.